The molecule has 2 fully saturated rings. The van der Waals surface area contributed by atoms with Gasteiger partial charge in [-0.05, 0) is 30.7 Å². The van der Waals surface area contributed by atoms with Gasteiger partial charge in [0.05, 0.1) is 0 Å². The van der Waals surface area contributed by atoms with Crippen molar-refractivity contribution in [3.05, 3.63) is 0 Å². The number of hydrogen-bond acceptors (Lipinski definition) is 2. The molecule has 0 aromatic carbocycles. The van der Waals surface area contributed by atoms with Crippen molar-refractivity contribution < 1.29 is 0 Å². The Bertz CT molecular complexity index is 252. The van der Waals surface area contributed by atoms with E-state index in [4.69, 9.17) is 0 Å². The van der Waals surface area contributed by atoms with E-state index in [2.05, 4.69) is 37.9 Å². The van der Waals surface area contributed by atoms with Crippen molar-refractivity contribution in [2.45, 2.75) is 71.9 Å². The zero-order valence-corrected chi connectivity index (χ0v) is 12.8. The predicted octanol–water partition coefficient (Wildman–Crippen LogP) is 3.28. The zero-order chi connectivity index (χ0) is 13.2. The first-order chi connectivity index (χ1) is 8.50. The Kier molecular flexibility index (Phi) is 4.71. The molecule has 2 aliphatic rings. The summed E-state index contributed by atoms with van der Waals surface area (Å²) in [5, 5.41) is 3.77. The number of nitrogens with one attached hydrogen (secondary N) is 1. The lowest BCUT2D eigenvalue weighted by Gasteiger charge is -2.46. The molecule has 0 aromatic heterocycles. The SMILES string of the molecule is CCCC1CN(CCC2CC2)C(C(C)(C)C)CN1. The third kappa shape index (κ3) is 3.96. The van der Waals surface area contributed by atoms with E-state index < -0.39 is 0 Å². The average molecular weight is 252 g/mol. The van der Waals surface area contributed by atoms with E-state index in [1.54, 1.807) is 0 Å². The lowest BCUT2D eigenvalue weighted by atomic mass is 9.83. The molecule has 1 saturated carbocycles. The van der Waals surface area contributed by atoms with E-state index in [0.717, 1.165) is 12.0 Å². The fourth-order valence-corrected chi connectivity index (χ4v) is 3.28. The van der Waals surface area contributed by atoms with Crippen molar-refractivity contribution in [2.24, 2.45) is 11.3 Å². The monoisotopic (exact) mass is 252 g/mol. The van der Waals surface area contributed by atoms with Gasteiger partial charge in [-0.25, -0.2) is 0 Å². The van der Waals surface area contributed by atoms with Gasteiger partial charge in [-0.15, -0.1) is 0 Å². The Labute approximate surface area is 114 Å². The fourth-order valence-electron chi connectivity index (χ4n) is 3.28. The van der Waals surface area contributed by atoms with E-state index >= 15 is 0 Å². The molecule has 1 aliphatic carbocycles. The largest absolute Gasteiger partial charge is 0.311 e. The molecule has 2 heteroatoms. The Balaban J connectivity index is 1.91. The highest BCUT2D eigenvalue weighted by Gasteiger charge is 2.35. The number of nitrogens with zero attached hydrogens (tertiary/aromatic N) is 1. The van der Waals surface area contributed by atoms with Gasteiger partial charge < -0.3 is 5.32 Å². The molecular formula is C16H32N2. The molecule has 2 nitrogen and oxygen atoms in total. The molecule has 106 valence electrons. The third-order valence-electron chi connectivity index (χ3n) is 4.65. The summed E-state index contributed by atoms with van der Waals surface area (Å²) in [4.78, 5) is 2.79. The minimum Gasteiger partial charge on any atom is -0.311 e. The molecule has 0 bridgehead atoms. The highest BCUT2D eigenvalue weighted by molar-refractivity contribution is 4.92. The summed E-state index contributed by atoms with van der Waals surface area (Å²) in [6.07, 6.45) is 7.05. The van der Waals surface area contributed by atoms with E-state index in [0.29, 0.717) is 11.5 Å². The summed E-state index contributed by atoms with van der Waals surface area (Å²) in [6.45, 7) is 13.2. The molecule has 1 N–H and O–H groups in total. The summed E-state index contributed by atoms with van der Waals surface area (Å²) in [5.74, 6) is 1.06. The maximum atomic E-state index is 3.77. The van der Waals surface area contributed by atoms with Crippen LogP contribution in [0, 0.1) is 11.3 Å². The molecule has 1 aliphatic heterocycles. The van der Waals surface area contributed by atoms with Crippen LogP contribution in [0.15, 0.2) is 0 Å². The summed E-state index contributed by atoms with van der Waals surface area (Å²) in [5.41, 5.74) is 0.397. The second-order valence-electron chi connectivity index (χ2n) is 7.50. The third-order valence-corrected chi connectivity index (χ3v) is 4.65. The van der Waals surface area contributed by atoms with Crippen molar-refractivity contribution in [3.8, 4) is 0 Å². The molecule has 2 atom stereocenters. The van der Waals surface area contributed by atoms with Crippen LogP contribution < -0.4 is 5.32 Å². The van der Waals surface area contributed by atoms with Gasteiger partial charge in [0, 0.05) is 25.2 Å². The van der Waals surface area contributed by atoms with E-state index in [1.165, 1.54) is 51.7 Å². The van der Waals surface area contributed by atoms with Gasteiger partial charge in [-0.3, -0.25) is 4.90 Å². The molecule has 18 heavy (non-hydrogen) atoms. The van der Waals surface area contributed by atoms with Crippen molar-refractivity contribution in [3.63, 3.8) is 0 Å². The Hall–Kier alpha value is -0.0800. The van der Waals surface area contributed by atoms with Crippen LogP contribution >= 0.6 is 0 Å². The zero-order valence-electron chi connectivity index (χ0n) is 12.8. The second kappa shape index (κ2) is 5.92. The van der Waals surface area contributed by atoms with Crippen molar-refractivity contribution in [2.75, 3.05) is 19.6 Å². The van der Waals surface area contributed by atoms with Crippen LogP contribution in [0.25, 0.3) is 0 Å². The number of rotatable bonds is 5. The lowest BCUT2D eigenvalue weighted by Crippen LogP contribution is -2.60. The summed E-state index contributed by atoms with van der Waals surface area (Å²) < 4.78 is 0. The minimum atomic E-state index is 0.397. The molecule has 0 spiro atoms. The summed E-state index contributed by atoms with van der Waals surface area (Å²) in [7, 11) is 0. The predicted molar refractivity (Wildman–Crippen MR) is 78.9 cm³/mol. The van der Waals surface area contributed by atoms with Gasteiger partial charge in [0.1, 0.15) is 0 Å². The van der Waals surface area contributed by atoms with Crippen LogP contribution in [0.4, 0.5) is 0 Å². The summed E-state index contributed by atoms with van der Waals surface area (Å²) in [6, 6.07) is 1.44. The first-order valence-electron chi connectivity index (χ1n) is 7.98. The average Bonchev–Trinajstić information content (AvgIpc) is 3.09. The Morgan fingerprint density at radius 3 is 2.44 bits per heavy atom. The normalized spacial score (nSPS) is 30.7. The highest BCUT2D eigenvalue weighted by atomic mass is 15.2. The molecule has 0 amide bonds. The van der Waals surface area contributed by atoms with Gasteiger partial charge in [-0.2, -0.15) is 0 Å². The summed E-state index contributed by atoms with van der Waals surface area (Å²) >= 11 is 0. The van der Waals surface area contributed by atoms with E-state index in [9.17, 15) is 0 Å². The van der Waals surface area contributed by atoms with Gasteiger partial charge in [-0.1, -0.05) is 47.0 Å². The molecule has 0 radical (unpaired) electrons. The van der Waals surface area contributed by atoms with Crippen molar-refractivity contribution >= 4 is 0 Å². The maximum Gasteiger partial charge on any atom is 0.0269 e. The standard InChI is InChI=1S/C16H32N2/c1-5-6-14-12-18(10-9-13-7-8-13)15(11-17-14)16(2,3)4/h13-15,17H,5-12H2,1-4H3. The van der Waals surface area contributed by atoms with Gasteiger partial charge >= 0.3 is 0 Å². The maximum absolute atomic E-state index is 3.77. The quantitative estimate of drug-likeness (QED) is 0.808. The van der Waals surface area contributed by atoms with Crippen LogP contribution in [0.2, 0.25) is 0 Å². The smallest absolute Gasteiger partial charge is 0.0269 e. The first-order valence-corrected chi connectivity index (χ1v) is 7.98. The molecule has 0 aromatic rings. The van der Waals surface area contributed by atoms with Gasteiger partial charge in [0.25, 0.3) is 0 Å². The van der Waals surface area contributed by atoms with Crippen LogP contribution in [0.1, 0.15) is 59.8 Å². The molecule has 2 rings (SSSR count). The van der Waals surface area contributed by atoms with Crippen LogP contribution in [-0.2, 0) is 0 Å². The van der Waals surface area contributed by atoms with Crippen molar-refractivity contribution in [1.29, 1.82) is 0 Å². The van der Waals surface area contributed by atoms with Crippen LogP contribution in [0.3, 0.4) is 0 Å². The fraction of sp³-hybridized carbons (Fsp3) is 1.00. The second-order valence-corrected chi connectivity index (χ2v) is 7.50. The number of piperazine rings is 1. The Morgan fingerprint density at radius 2 is 1.89 bits per heavy atom. The highest BCUT2D eigenvalue weighted by Crippen LogP contribution is 2.34. The molecule has 1 heterocycles. The first kappa shape index (κ1) is 14.3. The van der Waals surface area contributed by atoms with E-state index in [1.807, 2.05) is 0 Å². The number of hydrogen-bond donors (Lipinski definition) is 1. The minimum absolute atomic E-state index is 0.397. The molecule has 2 unspecified atom stereocenters. The van der Waals surface area contributed by atoms with E-state index in [-0.39, 0.29) is 0 Å². The topological polar surface area (TPSA) is 15.3 Å². The van der Waals surface area contributed by atoms with Crippen LogP contribution in [-0.4, -0.2) is 36.6 Å². The van der Waals surface area contributed by atoms with Gasteiger partial charge in [0.15, 0.2) is 0 Å². The van der Waals surface area contributed by atoms with Crippen molar-refractivity contribution in [1.82, 2.24) is 10.2 Å². The molecular weight excluding hydrogens is 220 g/mol. The van der Waals surface area contributed by atoms with Gasteiger partial charge in [0.2, 0.25) is 0 Å². The molecule has 1 saturated heterocycles. The Morgan fingerprint density at radius 1 is 1.17 bits per heavy atom. The lowest BCUT2D eigenvalue weighted by molar-refractivity contribution is 0.0517. The van der Waals surface area contributed by atoms with Crippen LogP contribution in [0.5, 0.6) is 0 Å².